The number of fused-ring (bicyclic) bond motifs is 1. The summed E-state index contributed by atoms with van der Waals surface area (Å²) in [4.78, 5) is 4.16. The van der Waals surface area contributed by atoms with Crippen LogP contribution in [0.15, 0.2) is 62.0 Å². The van der Waals surface area contributed by atoms with Gasteiger partial charge in [-0.2, -0.15) is 0 Å². The van der Waals surface area contributed by atoms with Gasteiger partial charge in [0.1, 0.15) is 0 Å². The Labute approximate surface area is 161 Å². The van der Waals surface area contributed by atoms with Gasteiger partial charge in [0.15, 0.2) is 0 Å². The van der Waals surface area contributed by atoms with E-state index in [1.165, 1.54) is 11.8 Å². The molecule has 0 amide bonds. The summed E-state index contributed by atoms with van der Waals surface area (Å²) in [6, 6.07) is 11.9. The van der Waals surface area contributed by atoms with E-state index in [1.54, 1.807) is 11.3 Å². The molecule has 0 aliphatic rings. The molecule has 0 radical (unpaired) electrons. The number of nitrogens with zero attached hydrogens (tertiary/aromatic N) is 4. The molecule has 5 rings (SSSR count). The predicted octanol–water partition coefficient (Wildman–Crippen LogP) is 5.18. The number of rotatable bonds is 5. The third kappa shape index (κ3) is 3.04. The number of nitrogens with one attached hydrogen (secondary N) is 1. The van der Waals surface area contributed by atoms with Gasteiger partial charge in [0.25, 0.3) is 17.0 Å². The highest BCUT2D eigenvalue weighted by atomic mass is 32.2. The third-order valence-corrected chi connectivity index (χ3v) is 5.80. The van der Waals surface area contributed by atoms with Crippen molar-refractivity contribution in [3.8, 4) is 22.2 Å². The van der Waals surface area contributed by atoms with E-state index >= 15 is 0 Å². The number of benzene rings is 1. The molecule has 0 saturated carbocycles. The van der Waals surface area contributed by atoms with Crippen LogP contribution in [0.5, 0.6) is 0 Å². The van der Waals surface area contributed by atoms with Gasteiger partial charge in [0, 0.05) is 17.1 Å². The molecule has 0 aliphatic heterocycles. The first-order chi connectivity index (χ1) is 13.3. The highest BCUT2D eigenvalue weighted by molar-refractivity contribution is 7.99. The van der Waals surface area contributed by atoms with Crippen molar-refractivity contribution in [2.45, 2.75) is 17.4 Å². The van der Waals surface area contributed by atoms with Crippen molar-refractivity contribution < 1.29 is 8.83 Å². The van der Waals surface area contributed by atoms with Gasteiger partial charge in [-0.3, -0.25) is 0 Å². The van der Waals surface area contributed by atoms with Crippen LogP contribution in [-0.4, -0.2) is 25.4 Å². The van der Waals surface area contributed by atoms with Gasteiger partial charge in [-0.15, -0.1) is 31.7 Å². The van der Waals surface area contributed by atoms with Crippen LogP contribution in [-0.2, 0) is 0 Å². The summed E-state index contributed by atoms with van der Waals surface area (Å²) in [6.45, 7) is 1.96. The van der Waals surface area contributed by atoms with Gasteiger partial charge in [-0.25, -0.2) is 0 Å². The fraction of sp³-hybridized carbons (Fsp3) is 0.111. The topological polar surface area (TPSA) is 93.6 Å². The predicted molar refractivity (Wildman–Crippen MR) is 103 cm³/mol. The minimum atomic E-state index is -0.109. The lowest BCUT2D eigenvalue weighted by atomic mass is 10.2. The molecule has 4 aromatic heterocycles. The normalized spacial score (nSPS) is 12.6. The zero-order valence-corrected chi connectivity index (χ0v) is 15.8. The average molecular weight is 395 g/mol. The van der Waals surface area contributed by atoms with Gasteiger partial charge in [-0.1, -0.05) is 36.0 Å². The van der Waals surface area contributed by atoms with Gasteiger partial charge in [0.05, 0.1) is 15.7 Å². The maximum absolute atomic E-state index is 5.84. The molecule has 27 heavy (non-hydrogen) atoms. The monoisotopic (exact) mass is 395 g/mol. The molecule has 1 aromatic carbocycles. The Balaban J connectivity index is 1.36. The van der Waals surface area contributed by atoms with Crippen LogP contribution in [0.2, 0.25) is 0 Å². The molecule has 1 N–H and O–H groups in total. The standard InChI is InChI=1S/C18H13N5O2S2/c1-10(15-20-22-17(24-15)14-7-4-8-26-14)27-18-23-21-16(25-18)12-9-19-13-6-3-2-5-11(12)13/h2-10,19H,1H3. The molecule has 0 bridgehead atoms. The van der Waals surface area contributed by atoms with Crippen molar-refractivity contribution in [2.75, 3.05) is 0 Å². The van der Waals surface area contributed by atoms with Crippen LogP contribution in [0.1, 0.15) is 18.1 Å². The molecule has 134 valence electrons. The minimum absolute atomic E-state index is 0.109. The molecular weight excluding hydrogens is 382 g/mol. The quantitative estimate of drug-likeness (QED) is 0.410. The summed E-state index contributed by atoms with van der Waals surface area (Å²) < 4.78 is 11.6. The lowest BCUT2D eigenvalue weighted by Gasteiger charge is -2.01. The van der Waals surface area contributed by atoms with E-state index in [2.05, 4.69) is 25.4 Å². The van der Waals surface area contributed by atoms with Crippen LogP contribution in [0.3, 0.4) is 0 Å². The Hall–Kier alpha value is -2.91. The summed E-state index contributed by atoms with van der Waals surface area (Å²) in [5.41, 5.74) is 1.91. The molecule has 1 atom stereocenters. The lowest BCUT2D eigenvalue weighted by molar-refractivity contribution is 0.461. The van der Waals surface area contributed by atoms with Gasteiger partial charge in [-0.05, 0) is 24.4 Å². The molecule has 0 spiro atoms. The number of H-pyrrole nitrogens is 1. The highest BCUT2D eigenvalue weighted by Crippen LogP contribution is 2.37. The van der Waals surface area contributed by atoms with Crippen LogP contribution in [0.4, 0.5) is 0 Å². The van der Waals surface area contributed by atoms with Crippen molar-refractivity contribution in [3.63, 3.8) is 0 Å². The van der Waals surface area contributed by atoms with E-state index < -0.39 is 0 Å². The van der Waals surface area contributed by atoms with Gasteiger partial charge in [0.2, 0.25) is 5.89 Å². The molecule has 4 heterocycles. The van der Waals surface area contributed by atoms with Crippen molar-refractivity contribution in [1.29, 1.82) is 0 Å². The number of hydrogen-bond acceptors (Lipinski definition) is 8. The second-order valence-corrected chi connectivity index (χ2v) is 8.04. The Morgan fingerprint density at radius 2 is 1.89 bits per heavy atom. The molecule has 1 unspecified atom stereocenters. The molecule has 7 nitrogen and oxygen atoms in total. The van der Waals surface area contributed by atoms with E-state index in [4.69, 9.17) is 8.83 Å². The third-order valence-electron chi connectivity index (χ3n) is 4.02. The fourth-order valence-electron chi connectivity index (χ4n) is 2.72. The van der Waals surface area contributed by atoms with Gasteiger partial charge >= 0.3 is 0 Å². The van der Waals surface area contributed by atoms with Gasteiger partial charge < -0.3 is 13.8 Å². The fourth-order valence-corrected chi connectivity index (χ4v) is 4.07. The maximum Gasteiger partial charge on any atom is 0.277 e. The summed E-state index contributed by atoms with van der Waals surface area (Å²) in [5.74, 6) is 1.53. The number of aromatic nitrogens is 5. The van der Waals surface area contributed by atoms with E-state index in [0.29, 0.717) is 22.9 Å². The zero-order chi connectivity index (χ0) is 18.2. The second kappa shape index (κ2) is 6.67. The Kier molecular flexibility index (Phi) is 4.02. The SMILES string of the molecule is CC(Sc1nnc(-c2c[nH]c3ccccc23)o1)c1nnc(-c2cccs2)o1. The Morgan fingerprint density at radius 1 is 1.00 bits per heavy atom. The smallest absolute Gasteiger partial charge is 0.277 e. The van der Waals surface area contributed by atoms with Crippen LogP contribution in [0.25, 0.3) is 33.1 Å². The zero-order valence-electron chi connectivity index (χ0n) is 14.1. The molecule has 0 aliphatic carbocycles. The van der Waals surface area contributed by atoms with E-state index in [-0.39, 0.29) is 5.25 Å². The van der Waals surface area contributed by atoms with Crippen LogP contribution < -0.4 is 0 Å². The first-order valence-electron chi connectivity index (χ1n) is 8.22. The highest BCUT2D eigenvalue weighted by Gasteiger charge is 2.20. The molecule has 0 fully saturated rings. The summed E-state index contributed by atoms with van der Waals surface area (Å²) in [7, 11) is 0. The lowest BCUT2D eigenvalue weighted by Crippen LogP contribution is -1.88. The number of thioether (sulfide) groups is 1. The Morgan fingerprint density at radius 3 is 2.78 bits per heavy atom. The summed E-state index contributed by atoms with van der Waals surface area (Å²) >= 11 is 2.95. The van der Waals surface area contributed by atoms with E-state index in [0.717, 1.165) is 21.3 Å². The Bertz CT molecular complexity index is 1190. The minimum Gasteiger partial charge on any atom is -0.419 e. The van der Waals surface area contributed by atoms with Crippen LogP contribution >= 0.6 is 23.1 Å². The number of thiophene rings is 1. The van der Waals surface area contributed by atoms with Crippen molar-refractivity contribution in [1.82, 2.24) is 25.4 Å². The molecule has 5 aromatic rings. The number of aromatic amines is 1. The second-order valence-electron chi connectivity index (χ2n) is 5.80. The molecule has 9 heteroatoms. The molecular formula is C18H13N5O2S2. The number of hydrogen-bond donors (Lipinski definition) is 1. The largest absolute Gasteiger partial charge is 0.419 e. The molecule has 0 saturated heterocycles. The average Bonchev–Trinajstić information content (AvgIpc) is 3.46. The first kappa shape index (κ1) is 16.3. The number of para-hydroxylation sites is 1. The first-order valence-corrected chi connectivity index (χ1v) is 9.98. The van der Waals surface area contributed by atoms with Crippen molar-refractivity contribution in [2.24, 2.45) is 0 Å². The van der Waals surface area contributed by atoms with Crippen molar-refractivity contribution in [3.05, 3.63) is 53.9 Å². The van der Waals surface area contributed by atoms with Crippen LogP contribution in [0, 0.1) is 0 Å². The van der Waals surface area contributed by atoms with Crippen molar-refractivity contribution >= 4 is 34.0 Å². The summed E-state index contributed by atoms with van der Waals surface area (Å²) in [5, 5.41) is 19.9. The maximum atomic E-state index is 5.84. The van der Waals surface area contributed by atoms with E-state index in [1.807, 2.05) is 54.9 Å². The van der Waals surface area contributed by atoms with E-state index in [9.17, 15) is 0 Å². The summed E-state index contributed by atoms with van der Waals surface area (Å²) in [6.07, 6.45) is 1.88.